The van der Waals surface area contributed by atoms with Crippen molar-refractivity contribution in [2.45, 2.75) is 31.9 Å². The fraction of sp³-hybridized carbons (Fsp3) is 0.833. The molecule has 1 rings (SSSR count). The topological polar surface area (TPSA) is 52.3 Å². The van der Waals surface area contributed by atoms with E-state index in [-0.39, 0.29) is 12.0 Å². The predicted molar refractivity (Wildman–Crippen MR) is 32.8 cm³/mol. The second-order valence-electron chi connectivity index (χ2n) is 2.89. The van der Waals surface area contributed by atoms with Crippen LogP contribution in [0.3, 0.4) is 0 Å². The molecule has 1 saturated heterocycles. The summed E-state index contributed by atoms with van der Waals surface area (Å²) in [6.07, 6.45) is 0.354. The van der Waals surface area contributed by atoms with Crippen LogP contribution in [0.25, 0.3) is 0 Å². The van der Waals surface area contributed by atoms with Crippen LogP contribution in [0.1, 0.15) is 20.3 Å². The molecule has 9 heavy (non-hydrogen) atoms. The van der Waals surface area contributed by atoms with Gasteiger partial charge in [0.05, 0.1) is 12.5 Å². The Labute approximate surface area is 54.2 Å². The van der Waals surface area contributed by atoms with Crippen molar-refractivity contribution in [1.29, 1.82) is 0 Å². The van der Waals surface area contributed by atoms with Crippen molar-refractivity contribution in [2.75, 3.05) is 0 Å². The van der Waals surface area contributed by atoms with Crippen molar-refractivity contribution in [1.82, 2.24) is 0 Å². The highest BCUT2D eigenvalue weighted by molar-refractivity contribution is 5.73. The lowest BCUT2D eigenvalue weighted by Crippen LogP contribution is -2.38. The Hall–Kier alpha value is -0.570. The summed E-state index contributed by atoms with van der Waals surface area (Å²) >= 11 is 0. The van der Waals surface area contributed by atoms with Crippen molar-refractivity contribution in [3.63, 3.8) is 0 Å². The normalized spacial score (nSPS) is 32.3. The number of carbonyl (C=O) groups excluding carboxylic acids is 1. The van der Waals surface area contributed by atoms with Crippen LogP contribution in [-0.4, -0.2) is 17.6 Å². The molecule has 0 aliphatic carbocycles. The van der Waals surface area contributed by atoms with Crippen LogP contribution in [-0.2, 0) is 9.53 Å². The third-order valence-electron chi connectivity index (χ3n) is 1.66. The molecular formula is C6H11NO2. The largest absolute Gasteiger partial charge is 0.458 e. The molecule has 0 spiro atoms. The highest BCUT2D eigenvalue weighted by atomic mass is 16.6. The first-order chi connectivity index (χ1) is 4.02. The fourth-order valence-corrected chi connectivity index (χ4v) is 0.836. The highest BCUT2D eigenvalue weighted by Crippen LogP contribution is 2.23. The van der Waals surface area contributed by atoms with Crippen molar-refractivity contribution in [2.24, 2.45) is 5.73 Å². The van der Waals surface area contributed by atoms with Crippen LogP contribution in [0.5, 0.6) is 0 Å². The van der Waals surface area contributed by atoms with Crippen LogP contribution in [0, 0.1) is 0 Å². The maximum atomic E-state index is 10.6. The van der Waals surface area contributed by atoms with Crippen LogP contribution in [0.4, 0.5) is 0 Å². The smallest absolute Gasteiger partial charge is 0.308 e. The summed E-state index contributed by atoms with van der Waals surface area (Å²) in [4.78, 5) is 10.6. The van der Waals surface area contributed by atoms with Gasteiger partial charge in [0.15, 0.2) is 0 Å². The summed E-state index contributed by atoms with van der Waals surface area (Å²) in [7, 11) is 0. The Balaban J connectivity index is 2.69. The molecule has 1 heterocycles. The van der Waals surface area contributed by atoms with Gasteiger partial charge in [0.2, 0.25) is 0 Å². The second kappa shape index (κ2) is 1.70. The molecule has 1 atom stereocenters. The lowest BCUT2D eigenvalue weighted by Gasteiger charge is -2.20. The molecule has 0 aromatic rings. The number of esters is 1. The maximum absolute atomic E-state index is 10.6. The first-order valence-electron chi connectivity index (χ1n) is 3.00. The molecule has 3 heteroatoms. The Morgan fingerprint density at radius 3 is 2.44 bits per heavy atom. The summed E-state index contributed by atoms with van der Waals surface area (Å²) in [6, 6.07) is -0.134. The molecule has 0 radical (unpaired) electrons. The van der Waals surface area contributed by atoms with Gasteiger partial charge in [0.1, 0.15) is 5.60 Å². The standard InChI is InChI=1S/C6H11NO2/c1-6(2)4(7)3-5(8)9-6/h4H,3,7H2,1-2H3. The first-order valence-corrected chi connectivity index (χ1v) is 3.00. The van der Waals surface area contributed by atoms with Gasteiger partial charge in [-0.05, 0) is 13.8 Å². The van der Waals surface area contributed by atoms with E-state index >= 15 is 0 Å². The van der Waals surface area contributed by atoms with Gasteiger partial charge in [-0.2, -0.15) is 0 Å². The zero-order chi connectivity index (χ0) is 7.07. The van der Waals surface area contributed by atoms with Crippen LogP contribution < -0.4 is 5.73 Å². The molecule has 0 saturated carbocycles. The Morgan fingerprint density at radius 2 is 2.33 bits per heavy atom. The lowest BCUT2D eigenvalue weighted by molar-refractivity contribution is -0.146. The van der Waals surface area contributed by atoms with Crippen LogP contribution >= 0.6 is 0 Å². The summed E-state index contributed by atoms with van der Waals surface area (Å²) < 4.78 is 4.90. The third-order valence-corrected chi connectivity index (χ3v) is 1.66. The average molecular weight is 129 g/mol. The van der Waals surface area contributed by atoms with Gasteiger partial charge in [-0.25, -0.2) is 0 Å². The molecule has 52 valence electrons. The van der Waals surface area contributed by atoms with Crippen molar-refractivity contribution in [3.05, 3.63) is 0 Å². The van der Waals surface area contributed by atoms with Crippen molar-refractivity contribution in [3.8, 4) is 0 Å². The van der Waals surface area contributed by atoms with Crippen LogP contribution in [0.2, 0.25) is 0 Å². The summed E-state index contributed by atoms with van der Waals surface area (Å²) in [5.41, 5.74) is 5.11. The Morgan fingerprint density at radius 1 is 1.78 bits per heavy atom. The zero-order valence-corrected chi connectivity index (χ0v) is 5.68. The number of hydrogen-bond acceptors (Lipinski definition) is 3. The quantitative estimate of drug-likeness (QED) is 0.470. The van der Waals surface area contributed by atoms with E-state index in [0.717, 1.165) is 0 Å². The summed E-state index contributed by atoms with van der Waals surface area (Å²) in [5, 5.41) is 0. The van der Waals surface area contributed by atoms with E-state index < -0.39 is 5.60 Å². The molecule has 3 nitrogen and oxygen atoms in total. The van der Waals surface area contributed by atoms with E-state index in [1.807, 2.05) is 13.8 Å². The molecule has 1 aliphatic rings. The first kappa shape index (κ1) is 6.55. The molecule has 1 unspecified atom stereocenters. The van der Waals surface area contributed by atoms with E-state index in [2.05, 4.69) is 0 Å². The predicted octanol–water partition coefficient (Wildman–Crippen LogP) is 0.0392. The van der Waals surface area contributed by atoms with Gasteiger partial charge in [0, 0.05) is 0 Å². The number of nitrogens with two attached hydrogens (primary N) is 1. The minimum atomic E-state index is -0.447. The number of carbonyl (C=O) groups is 1. The zero-order valence-electron chi connectivity index (χ0n) is 5.68. The molecule has 0 aromatic heterocycles. The molecule has 1 aliphatic heterocycles. The summed E-state index contributed by atoms with van der Waals surface area (Å²) in [5.74, 6) is -0.187. The van der Waals surface area contributed by atoms with Gasteiger partial charge in [-0.1, -0.05) is 0 Å². The Kier molecular flexibility index (Phi) is 1.24. The van der Waals surface area contributed by atoms with E-state index in [0.29, 0.717) is 6.42 Å². The number of hydrogen-bond donors (Lipinski definition) is 1. The monoisotopic (exact) mass is 129 g/mol. The third kappa shape index (κ3) is 1.05. The van der Waals surface area contributed by atoms with Gasteiger partial charge in [-0.15, -0.1) is 0 Å². The van der Waals surface area contributed by atoms with E-state index in [1.54, 1.807) is 0 Å². The molecule has 0 aromatic carbocycles. The minimum Gasteiger partial charge on any atom is -0.458 e. The molecule has 0 amide bonds. The number of ether oxygens (including phenoxy) is 1. The lowest BCUT2D eigenvalue weighted by atomic mass is 10.0. The van der Waals surface area contributed by atoms with Gasteiger partial charge in [0.25, 0.3) is 0 Å². The number of rotatable bonds is 0. The number of cyclic esters (lactones) is 1. The van der Waals surface area contributed by atoms with Gasteiger partial charge in [-0.3, -0.25) is 4.79 Å². The fourth-order valence-electron chi connectivity index (χ4n) is 0.836. The van der Waals surface area contributed by atoms with Gasteiger partial charge >= 0.3 is 5.97 Å². The maximum Gasteiger partial charge on any atom is 0.308 e. The van der Waals surface area contributed by atoms with E-state index in [9.17, 15) is 4.79 Å². The highest BCUT2D eigenvalue weighted by Gasteiger charge is 2.38. The Bertz CT molecular complexity index is 142. The average Bonchev–Trinajstić information content (AvgIpc) is 1.79. The molecule has 1 fully saturated rings. The molecular weight excluding hydrogens is 118 g/mol. The minimum absolute atomic E-state index is 0.134. The van der Waals surface area contributed by atoms with Crippen molar-refractivity contribution >= 4 is 5.97 Å². The second-order valence-corrected chi connectivity index (χ2v) is 2.89. The summed E-state index contributed by atoms with van der Waals surface area (Å²) in [6.45, 7) is 3.64. The van der Waals surface area contributed by atoms with Crippen LogP contribution in [0.15, 0.2) is 0 Å². The molecule has 2 N–H and O–H groups in total. The molecule has 0 bridgehead atoms. The van der Waals surface area contributed by atoms with E-state index in [1.165, 1.54) is 0 Å². The van der Waals surface area contributed by atoms with E-state index in [4.69, 9.17) is 10.5 Å². The SMILES string of the molecule is CC1(C)OC(=O)CC1N. The van der Waals surface area contributed by atoms with Gasteiger partial charge < -0.3 is 10.5 Å². The van der Waals surface area contributed by atoms with Crippen molar-refractivity contribution < 1.29 is 9.53 Å².